The Bertz CT molecular complexity index is 1550. The molecular formula is C36H51F3N4O4S. The minimum atomic E-state index is -3.47. The fourth-order valence-electron chi connectivity index (χ4n) is 5.11. The van der Waals surface area contributed by atoms with Gasteiger partial charge < -0.3 is 15.8 Å². The molecule has 0 radical (unpaired) electrons. The summed E-state index contributed by atoms with van der Waals surface area (Å²) in [5, 5.41) is 2.67. The smallest absolute Gasteiger partial charge is 0.242 e. The quantitative estimate of drug-likeness (QED) is 0.169. The number of halogens is 3. The second-order valence-corrected chi connectivity index (χ2v) is 13.1. The molecule has 3 aromatic rings. The molecule has 0 aliphatic rings. The molecule has 3 rings (SSSR count). The number of aromatic nitrogens is 1. The molecule has 266 valence electrons. The van der Waals surface area contributed by atoms with E-state index in [4.69, 9.17) is 5.73 Å². The highest BCUT2D eigenvalue weighted by atomic mass is 32.2. The van der Waals surface area contributed by atoms with Gasteiger partial charge in [-0.3, -0.25) is 9.78 Å². The van der Waals surface area contributed by atoms with Crippen LogP contribution >= 0.6 is 0 Å². The molecule has 3 atom stereocenters. The molecule has 3 N–H and O–H groups in total. The number of hydrogen-bond acceptors (Lipinski definition) is 6. The number of amides is 1. The van der Waals surface area contributed by atoms with Gasteiger partial charge in [0.1, 0.15) is 17.5 Å². The van der Waals surface area contributed by atoms with Gasteiger partial charge in [-0.05, 0) is 80.5 Å². The Morgan fingerprint density at radius 3 is 2.15 bits per heavy atom. The maximum atomic E-state index is 15.0. The first-order valence-corrected chi connectivity index (χ1v) is 17.8. The van der Waals surface area contributed by atoms with Gasteiger partial charge in [0.25, 0.3) is 0 Å². The average molecular weight is 693 g/mol. The number of carbonyl (C=O) groups is 1. The summed E-state index contributed by atoms with van der Waals surface area (Å²) in [6.45, 7) is 15.1. The van der Waals surface area contributed by atoms with Gasteiger partial charge in [0.05, 0.1) is 43.2 Å². The highest BCUT2D eigenvalue weighted by molar-refractivity contribution is 7.88. The molecular weight excluding hydrogens is 641 g/mol. The van der Waals surface area contributed by atoms with Crippen molar-refractivity contribution in [2.45, 2.75) is 85.2 Å². The fraction of sp³-hybridized carbons (Fsp3) is 0.444. The van der Waals surface area contributed by atoms with Crippen molar-refractivity contribution in [3.05, 3.63) is 107 Å². The first kappa shape index (κ1) is 42.3. The third-order valence-electron chi connectivity index (χ3n) is 7.40. The van der Waals surface area contributed by atoms with Crippen LogP contribution in [0.4, 0.5) is 18.9 Å². The molecule has 12 heteroatoms. The van der Waals surface area contributed by atoms with Crippen molar-refractivity contribution in [2.75, 3.05) is 25.2 Å². The molecule has 0 spiro atoms. The van der Waals surface area contributed by atoms with Crippen LogP contribution in [0.2, 0.25) is 0 Å². The number of nitrogens with zero attached hydrogens (tertiary/aromatic N) is 2. The lowest BCUT2D eigenvalue weighted by molar-refractivity contribution is -0.117. The van der Waals surface area contributed by atoms with E-state index in [-0.39, 0.29) is 23.7 Å². The fourth-order valence-corrected chi connectivity index (χ4v) is 6.42. The van der Waals surface area contributed by atoms with Gasteiger partial charge in [-0.1, -0.05) is 52.5 Å². The molecule has 0 aliphatic carbocycles. The van der Waals surface area contributed by atoms with Crippen LogP contribution in [0.25, 0.3) is 0 Å². The zero-order valence-corrected chi connectivity index (χ0v) is 30.1. The summed E-state index contributed by atoms with van der Waals surface area (Å²) in [4.78, 5) is 17.4. The van der Waals surface area contributed by atoms with Gasteiger partial charge in [-0.2, -0.15) is 4.31 Å². The van der Waals surface area contributed by atoms with Crippen molar-refractivity contribution >= 4 is 21.6 Å². The average Bonchev–Trinajstić information content (AvgIpc) is 3.03. The summed E-state index contributed by atoms with van der Waals surface area (Å²) in [7, 11) is -1.87. The Kier molecular flexibility index (Phi) is 18.1. The number of aryl methyl sites for hydroxylation is 1. The molecule has 1 amide bonds. The largest absolute Gasteiger partial charge is 0.502 e. The predicted molar refractivity (Wildman–Crippen MR) is 188 cm³/mol. The molecule has 0 fully saturated rings. The van der Waals surface area contributed by atoms with Crippen molar-refractivity contribution in [1.82, 2.24) is 9.29 Å². The topological polar surface area (TPSA) is 115 Å². The number of pyridine rings is 1. The normalized spacial score (nSPS) is 12.9. The van der Waals surface area contributed by atoms with E-state index < -0.39 is 45.3 Å². The van der Waals surface area contributed by atoms with E-state index in [1.807, 2.05) is 27.7 Å². The number of methoxy groups -OCH3 is 1. The van der Waals surface area contributed by atoms with Crippen molar-refractivity contribution in [3.8, 4) is 0 Å². The summed E-state index contributed by atoms with van der Waals surface area (Å²) < 4.78 is 73.7. The maximum Gasteiger partial charge on any atom is 0.242 e. The summed E-state index contributed by atoms with van der Waals surface area (Å²) in [6, 6.07) is 8.14. The van der Waals surface area contributed by atoms with E-state index in [0.29, 0.717) is 42.5 Å². The first-order chi connectivity index (χ1) is 22.6. The van der Waals surface area contributed by atoms with Crippen LogP contribution in [-0.2, 0) is 26.0 Å². The molecule has 1 aromatic heterocycles. The van der Waals surface area contributed by atoms with Crippen molar-refractivity contribution in [3.63, 3.8) is 0 Å². The van der Waals surface area contributed by atoms with Crippen LogP contribution in [0.1, 0.15) is 82.1 Å². The van der Waals surface area contributed by atoms with Gasteiger partial charge in [-0.25, -0.2) is 21.6 Å². The minimum absolute atomic E-state index is 0.106. The van der Waals surface area contributed by atoms with Crippen molar-refractivity contribution in [1.29, 1.82) is 0 Å². The zero-order valence-electron chi connectivity index (χ0n) is 29.3. The minimum Gasteiger partial charge on any atom is -0.502 e. The SMILES string of the molecule is C=C(C)OC.CC.CCCN([C@@H](CC)CCc1c(F)cncc1NC(=O)[C@@H](N)[C@@H](c1ccc(F)cc1)c1cc(C)cc(F)c1)S(C)(=O)=O. The van der Waals surface area contributed by atoms with Crippen LogP contribution in [0.5, 0.6) is 0 Å². The Morgan fingerprint density at radius 1 is 1.04 bits per heavy atom. The number of hydrogen-bond donors (Lipinski definition) is 2. The number of ether oxygens (including phenoxy) is 1. The van der Waals surface area contributed by atoms with Gasteiger partial charge in [-0.15, -0.1) is 0 Å². The number of sulfonamides is 1. The second-order valence-electron chi connectivity index (χ2n) is 11.1. The summed E-state index contributed by atoms with van der Waals surface area (Å²) in [5.41, 5.74) is 8.27. The van der Waals surface area contributed by atoms with E-state index >= 15 is 4.39 Å². The Labute approximate surface area is 284 Å². The van der Waals surface area contributed by atoms with Crippen LogP contribution in [-0.4, -0.2) is 55.6 Å². The zero-order chi connectivity index (χ0) is 36.6. The lowest BCUT2D eigenvalue weighted by Crippen LogP contribution is -2.41. The summed E-state index contributed by atoms with van der Waals surface area (Å²) in [6.07, 6.45) is 5.11. The highest BCUT2D eigenvalue weighted by Crippen LogP contribution is 2.31. The van der Waals surface area contributed by atoms with E-state index in [2.05, 4.69) is 21.6 Å². The van der Waals surface area contributed by atoms with Gasteiger partial charge in [0, 0.05) is 24.1 Å². The number of nitrogens with two attached hydrogens (primary N) is 1. The second kappa shape index (κ2) is 20.6. The molecule has 2 aromatic carbocycles. The Hall–Kier alpha value is -3.74. The third-order valence-corrected chi connectivity index (χ3v) is 8.73. The third kappa shape index (κ3) is 13.0. The number of anilines is 1. The standard InChI is InChI=1S/C30H37F3N4O3S.C4H8O.C2H6/c1-5-13-37(41(4,39)40)24(6-2)11-12-25-26(33)17-35-18-27(25)36-30(38)29(34)28(20-7-9-22(31)10-8-20)21-14-19(3)15-23(32)16-21;1-4(2)5-3;1-2/h7-10,14-18,24,28-29H,5-6,11-13,34H2,1-4H3,(H,36,38);1H2,2-3H3;1-2H3/t24-,28-,29-;;/m0../s1. The van der Waals surface area contributed by atoms with Gasteiger partial charge in [0.15, 0.2) is 0 Å². The predicted octanol–water partition coefficient (Wildman–Crippen LogP) is 7.48. The molecule has 8 nitrogen and oxygen atoms in total. The Balaban J connectivity index is 0.00000150. The Morgan fingerprint density at radius 2 is 1.65 bits per heavy atom. The van der Waals surface area contributed by atoms with Crippen LogP contribution in [0.15, 0.2) is 67.2 Å². The molecule has 0 saturated carbocycles. The number of nitrogens with one attached hydrogen (secondary N) is 1. The number of carbonyl (C=O) groups excluding carboxylic acids is 1. The van der Waals surface area contributed by atoms with Crippen LogP contribution in [0, 0.1) is 24.4 Å². The maximum absolute atomic E-state index is 15.0. The molecule has 1 heterocycles. The van der Waals surface area contributed by atoms with Crippen molar-refractivity contribution in [2.24, 2.45) is 5.73 Å². The molecule has 0 bridgehead atoms. The number of rotatable bonds is 14. The molecule has 0 saturated heterocycles. The van der Waals surface area contributed by atoms with E-state index in [1.54, 1.807) is 27.0 Å². The van der Waals surface area contributed by atoms with E-state index in [0.717, 1.165) is 18.2 Å². The first-order valence-electron chi connectivity index (χ1n) is 16.0. The molecule has 0 unspecified atom stereocenters. The lowest BCUT2D eigenvalue weighted by Gasteiger charge is -2.29. The summed E-state index contributed by atoms with van der Waals surface area (Å²) >= 11 is 0. The van der Waals surface area contributed by atoms with Crippen LogP contribution in [0.3, 0.4) is 0 Å². The number of benzene rings is 2. The monoisotopic (exact) mass is 692 g/mol. The van der Waals surface area contributed by atoms with Gasteiger partial charge >= 0.3 is 0 Å². The lowest BCUT2D eigenvalue weighted by atomic mass is 9.84. The number of allylic oxidation sites excluding steroid dienone is 1. The molecule has 48 heavy (non-hydrogen) atoms. The van der Waals surface area contributed by atoms with E-state index in [1.165, 1.54) is 46.9 Å². The van der Waals surface area contributed by atoms with E-state index in [9.17, 15) is 22.0 Å². The highest BCUT2D eigenvalue weighted by Gasteiger charge is 2.30. The van der Waals surface area contributed by atoms with Crippen LogP contribution < -0.4 is 11.1 Å². The van der Waals surface area contributed by atoms with Crippen molar-refractivity contribution < 1.29 is 31.1 Å². The molecule has 0 aliphatic heterocycles. The summed E-state index contributed by atoms with van der Waals surface area (Å²) in [5.74, 6) is -2.39. The van der Waals surface area contributed by atoms with Gasteiger partial charge in [0.2, 0.25) is 15.9 Å².